The summed E-state index contributed by atoms with van der Waals surface area (Å²) in [6, 6.07) is 5.36. The van der Waals surface area contributed by atoms with Crippen LogP contribution in [0.3, 0.4) is 0 Å². The zero-order valence-corrected chi connectivity index (χ0v) is 17.0. The Bertz CT molecular complexity index is 695. The largest absolute Gasteiger partial charge is 0.456 e. The summed E-state index contributed by atoms with van der Waals surface area (Å²) in [5, 5.41) is 6.00. The highest BCUT2D eigenvalue weighted by atomic mass is 35.5. The molecule has 4 N–H and O–H groups in total. The molecule has 8 heteroatoms. The minimum atomic E-state index is -0.758. The first-order chi connectivity index (χ1) is 13.3. The average Bonchev–Trinajstić information content (AvgIpc) is 2.63. The Morgan fingerprint density at radius 1 is 1.21 bits per heavy atom. The van der Waals surface area contributed by atoms with Crippen LogP contribution in [-0.2, 0) is 14.3 Å². The molecular formula is C20H28ClN3O4. The van der Waals surface area contributed by atoms with E-state index in [0.717, 1.165) is 12.8 Å². The van der Waals surface area contributed by atoms with Crippen molar-refractivity contribution in [2.75, 3.05) is 6.61 Å². The maximum Gasteiger partial charge on any atom is 0.312 e. The molecule has 1 aliphatic carbocycles. The topological polar surface area (TPSA) is 111 Å². The van der Waals surface area contributed by atoms with Crippen molar-refractivity contribution >= 4 is 29.5 Å². The third kappa shape index (κ3) is 6.71. The van der Waals surface area contributed by atoms with Gasteiger partial charge in [-0.15, -0.1) is 0 Å². The third-order valence-corrected chi connectivity index (χ3v) is 5.63. The highest BCUT2D eigenvalue weighted by molar-refractivity contribution is 6.30. The van der Waals surface area contributed by atoms with E-state index in [0.29, 0.717) is 22.4 Å². The number of amides is 3. The Labute approximate surface area is 170 Å². The molecule has 0 heterocycles. The van der Waals surface area contributed by atoms with Crippen LogP contribution < -0.4 is 16.4 Å². The second-order valence-corrected chi connectivity index (χ2v) is 7.86. The van der Waals surface area contributed by atoms with Gasteiger partial charge in [0, 0.05) is 11.1 Å². The van der Waals surface area contributed by atoms with Gasteiger partial charge in [-0.1, -0.05) is 50.4 Å². The molecule has 0 unspecified atom stereocenters. The molecule has 1 aromatic carbocycles. The number of hydrogen-bond donors (Lipinski definition) is 3. The SMILES string of the molecule is C[C@H]1[C@@H](NC(=O)COC(=O)C[C@H](NC(N)=O)c2ccc(Cl)cc2)CCC[C@@H]1C. The number of ether oxygens (including phenoxy) is 1. The Morgan fingerprint density at radius 2 is 1.89 bits per heavy atom. The lowest BCUT2D eigenvalue weighted by Gasteiger charge is -2.34. The molecule has 0 bridgehead atoms. The number of hydrogen-bond acceptors (Lipinski definition) is 4. The number of benzene rings is 1. The fourth-order valence-electron chi connectivity index (χ4n) is 3.52. The van der Waals surface area contributed by atoms with Gasteiger partial charge in [0.25, 0.3) is 5.91 Å². The van der Waals surface area contributed by atoms with E-state index in [4.69, 9.17) is 22.1 Å². The number of nitrogens with two attached hydrogens (primary N) is 1. The zero-order chi connectivity index (χ0) is 20.7. The molecule has 154 valence electrons. The number of carbonyl (C=O) groups is 3. The fraction of sp³-hybridized carbons (Fsp3) is 0.550. The first-order valence-electron chi connectivity index (χ1n) is 9.52. The molecule has 3 amide bonds. The summed E-state index contributed by atoms with van der Waals surface area (Å²) in [5.41, 5.74) is 5.86. The van der Waals surface area contributed by atoms with E-state index in [-0.39, 0.29) is 25.0 Å². The van der Waals surface area contributed by atoms with Crippen LogP contribution in [0.25, 0.3) is 0 Å². The molecule has 28 heavy (non-hydrogen) atoms. The van der Waals surface area contributed by atoms with Crippen molar-refractivity contribution in [2.45, 2.75) is 51.6 Å². The Hall–Kier alpha value is -2.28. The number of primary amides is 1. The maximum atomic E-state index is 12.2. The zero-order valence-electron chi connectivity index (χ0n) is 16.2. The van der Waals surface area contributed by atoms with Crippen molar-refractivity contribution in [3.8, 4) is 0 Å². The van der Waals surface area contributed by atoms with Crippen molar-refractivity contribution in [2.24, 2.45) is 17.6 Å². The molecule has 0 aromatic heterocycles. The number of esters is 1. The van der Waals surface area contributed by atoms with E-state index in [9.17, 15) is 14.4 Å². The van der Waals surface area contributed by atoms with Crippen LogP contribution >= 0.6 is 11.6 Å². The summed E-state index contributed by atoms with van der Waals surface area (Å²) < 4.78 is 5.10. The van der Waals surface area contributed by atoms with Gasteiger partial charge in [-0.25, -0.2) is 4.79 Å². The summed E-state index contributed by atoms with van der Waals surface area (Å²) in [7, 11) is 0. The molecular weight excluding hydrogens is 382 g/mol. The average molecular weight is 410 g/mol. The van der Waals surface area contributed by atoms with Gasteiger partial charge in [-0.05, 0) is 36.0 Å². The van der Waals surface area contributed by atoms with Crippen molar-refractivity contribution in [3.05, 3.63) is 34.9 Å². The lowest BCUT2D eigenvalue weighted by Crippen LogP contribution is -2.45. The Balaban J connectivity index is 1.85. The van der Waals surface area contributed by atoms with Crippen LogP contribution in [0.4, 0.5) is 4.79 Å². The number of halogens is 1. The molecule has 0 spiro atoms. The number of urea groups is 1. The lowest BCUT2D eigenvalue weighted by molar-refractivity contribution is -0.149. The molecule has 1 aliphatic rings. The van der Waals surface area contributed by atoms with Crippen LogP contribution in [0.15, 0.2) is 24.3 Å². The molecule has 4 atom stereocenters. The van der Waals surface area contributed by atoms with Crippen molar-refractivity contribution in [1.82, 2.24) is 10.6 Å². The molecule has 0 radical (unpaired) electrons. The summed E-state index contributed by atoms with van der Waals surface area (Å²) in [6.07, 6.45) is 3.04. The summed E-state index contributed by atoms with van der Waals surface area (Å²) in [4.78, 5) is 35.6. The van der Waals surface area contributed by atoms with Gasteiger partial charge in [-0.2, -0.15) is 0 Å². The van der Waals surface area contributed by atoms with E-state index in [2.05, 4.69) is 24.5 Å². The standard InChI is InChI=1S/C20H28ClN3O4/c1-12-4-3-5-16(13(12)2)23-18(25)11-28-19(26)10-17(24-20(22)27)14-6-8-15(21)9-7-14/h6-9,12-13,16-17H,3-5,10-11H2,1-2H3,(H,23,25)(H3,22,24,27)/t12-,13+,16-,17-/m0/s1. The molecule has 2 rings (SSSR count). The molecule has 1 saturated carbocycles. The van der Waals surface area contributed by atoms with Crippen LogP contribution in [0.2, 0.25) is 5.02 Å². The van der Waals surface area contributed by atoms with Gasteiger partial charge in [0.05, 0.1) is 12.5 Å². The molecule has 0 saturated heterocycles. The minimum Gasteiger partial charge on any atom is -0.456 e. The van der Waals surface area contributed by atoms with Crippen LogP contribution in [0.5, 0.6) is 0 Å². The predicted molar refractivity (Wildman–Crippen MR) is 107 cm³/mol. The van der Waals surface area contributed by atoms with Crippen molar-refractivity contribution in [3.63, 3.8) is 0 Å². The normalized spacial score (nSPS) is 22.8. The second-order valence-electron chi connectivity index (χ2n) is 7.42. The second kappa shape index (κ2) is 10.3. The van der Waals surface area contributed by atoms with Gasteiger partial charge in [0.2, 0.25) is 0 Å². The van der Waals surface area contributed by atoms with Crippen LogP contribution in [-0.4, -0.2) is 30.6 Å². The monoisotopic (exact) mass is 409 g/mol. The number of rotatable bonds is 7. The summed E-state index contributed by atoms with van der Waals surface area (Å²) >= 11 is 5.86. The van der Waals surface area contributed by atoms with E-state index >= 15 is 0 Å². The lowest BCUT2D eigenvalue weighted by atomic mass is 9.78. The predicted octanol–water partition coefficient (Wildman–Crippen LogP) is 2.92. The van der Waals surface area contributed by atoms with Gasteiger partial charge in [0.15, 0.2) is 6.61 Å². The number of nitrogens with one attached hydrogen (secondary N) is 2. The fourth-order valence-corrected chi connectivity index (χ4v) is 3.65. The van der Waals surface area contributed by atoms with Gasteiger partial charge < -0.3 is 21.1 Å². The summed E-state index contributed by atoms with van der Waals surface area (Å²) in [5.74, 6) is 0.0307. The van der Waals surface area contributed by atoms with Gasteiger partial charge in [-0.3, -0.25) is 9.59 Å². The van der Waals surface area contributed by atoms with Crippen molar-refractivity contribution < 1.29 is 19.1 Å². The first-order valence-corrected chi connectivity index (χ1v) is 9.90. The van der Waals surface area contributed by atoms with Crippen molar-refractivity contribution in [1.29, 1.82) is 0 Å². The molecule has 0 aliphatic heterocycles. The molecule has 1 fully saturated rings. The number of carbonyl (C=O) groups excluding carboxylic acids is 3. The highest BCUT2D eigenvalue weighted by Gasteiger charge is 2.28. The quantitative estimate of drug-likeness (QED) is 0.601. The Morgan fingerprint density at radius 3 is 2.54 bits per heavy atom. The minimum absolute atomic E-state index is 0.105. The molecule has 1 aromatic rings. The van der Waals surface area contributed by atoms with E-state index in [1.165, 1.54) is 6.42 Å². The van der Waals surface area contributed by atoms with E-state index < -0.39 is 18.0 Å². The first kappa shape index (κ1) is 22.0. The Kier molecular flexibility index (Phi) is 8.11. The van der Waals surface area contributed by atoms with Gasteiger partial charge >= 0.3 is 12.0 Å². The van der Waals surface area contributed by atoms with E-state index in [1.807, 2.05) is 0 Å². The molecule has 7 nitrogen and oxygen atoms in total. The van der Waals surface area contributed by atoms with Gasteiger partial charge in [0.1, 0.15) is 0 Å². The summed E-state index contributed by atoms with van der Waals surface area (Å²) in [6.45, 7) is 3.97. The maximum absolute atomic E-state index is 12.2. The highest BCUT2D eigenvalue weighted by Crippen LogP contribution is 2.29. The van der Waals surface area contributed by atoms with E-state index in [1.54, 1.807) is 24.3 Å². The van der Waals surface area contributed by atoms with Crippen LogP contribution in [0, 0.1) is 11.8 Å². The third-order valence-electron chi connectivity index (χ3n) is 5.38. The smallest absolute Gasteiger partial charge is 0.312 e. The van der Waals surface area contributed by atoms with Crippen LogP contribution in [0.1, 0.15) is 51.1 Å².